The minimum atomic E-state index is -0.0248. The number of carbonyl (C=O) groups excluding carboxylic acids is 1. The van der Waals surface area contributed by atoms with Crippen LogP contribution in [0.5, 0.6) is 5.75 Å². The second-order valence-electron chi connectivity index (χ2n) is 3.66. The van der Waals surface area contributed by atoms with E-state index in [1.807, 2.05) is 31.3 Å². The number of amides is 1. The predicted octanol–water partition coefficient (Wildman–Crippen LogP) is 1.93. The first kappa shape index (κ1) is 17.2. The second-order valence-corrected chi connectivity index (χ2v) is 4.58. The predicted molar refractivity (Wildman–Crippen MR) is 78.4 cm³/mol. The maximum atomic E-state index is 11.7. The van der Waals surface area contributed by atoms with Gasteiger partial charge in [-0.25, -0.2) is 0 Å². The molecule has 0 atom stereocenters. The van der Waals surface area contributed by atoms with Crippen LogP contribution in [0.4, 0.5) is 0 Å². The lowest BCUT2D eigenvalue weighted by Gasteiger charge is -2.17. The zero-order valence-corrected chi connectivity index (χ0v) is 12.9. The largest absolute Gasteiger partial charge is 0.484 e. The summed E-state index contributed by atoms with van der Waals surface area (Å²) in [7, 11) is 3.63. The number of nitrogens with zero attached hydrogens (tertiary/aromatic N) is 1. The average Bonchev–Trinajstić information content (AvgIpc) is 2.34. The minimum Gasteiger partial charge on any atom is -0.484 e. The molecule has 0 spiro atoms. The highest BCUT2D eigenvalue weighted by molar-refractivity contribution is 9.10. The number of likely N-dealkylation sites (N-methyl/N-ethyl adjacent to an activating group) is 2. The molecule has 102 valence electrons. The smallest absolute Gasteiger partial charge is 0.260 e. The summed E-state index contributed by atoms with van der Waals surface area (Å²) in [6.07, 6.45) is 0. The molecule has 1 aromatic rings. The fraction of sp³-hybridized carbons (Fsp3) is 0.417. The summed E-state index contributed by atoms with van der Waals surface area (Å²) < 4.78 is 6.38. The Hall–Kier alpha value is -0.780. The van der Waals surface area contributed by atoms with E-state index in [0.29, 0.717) is 12.3 Å². The fourth-order valence-corrected chi connectivity index (χ4v) is 1.45. The van der Waals surface area contributed by atoms with E-state index in [9.17, 15) is 4.79 Å². The van der Waals surface area contributed by atoms with Crippen LogP contribution >= 0.6 is 28.3 Å². The van der Waals surface area contributed by atoms with Crippen molar-refractivity contribution in [1.82, 2.24) is 10.2 Å². The molecule has 1 amide bonds. The van der Waals surface area contributed by atoms with Crippen LogP contribution in [0.15, 0.2) is 28.7 Å². The average molecular weight is 338 g/mol. The van der Waals surface area contributed by atoms with Gasteiger partial charge in [-0.15, -0.1) is 12.4 Å². The van der Waals surface area contributed by atoms with E-state index in [4.69, 9.17) is 4.74 Å². The highest BCUT2D eigenvalue weighted by Gasteiger charge is 2.08. The first-order chi connectivity index (χ1) is 8.13. The molecular weight excluding hydrogens is 320 g/mol. The summed E-state index contributed by atoms with van der Waals surface area (Å²) >= 11 is 3.34. The zero-order valence-electron chi connectivity index (χ0n) is 10.5. The van der Waals surface area contributed by atoms with Crippen molar-refractivity contribution in [2.75, 3.05) is 33.8 Å². The van der Waals surface area contributed by atoms with Gasteiger partial charge in [0, 0.05) is 24.6 Å². The van der Waals surface area contributed by atoms with Crippen LogP contribution in [0.3, 0.4) is 0 Å². The summed E-state index contributed by atoms with van der Waals surface area (Å²) in [5.74, 6) is 0.673. The van der Waals surface area contributed by atoms with Crippen LogP contribution < -0.4 is 10.1 Å². The van der Waals surface area contributed by atoms with Crippen LogP contribution in [-0.4, -0.2) is 44.6 Å². The third-order valence-corrected chi connectivity index (χ3v) is 2.83. The molecule has 0 aliphatic heterocycles. The Balaban J connectivity index is 0.00000289. The standard InChI is InChI=1S/C12H17BrN2O2.ClH/c1-14-7-8-15(2)12(16)9-17-11-5-3-10(13)4-6-11;/h3-6,14H,7-9H2,1-2H3;1H. The van der Waals surface area contributed by atoms with Gasteiger partial charge in [0.1, 0.15) is 5.75 Å². The summed E-state index contributed by atoms with van der Waals surface area (Å²) in [6.45, 7) is 1.53. The normalized spacial score (nSPS) is 9.50. The van der Waals surface area contributed by atoms with Gasteiger partial charge in [0.05, 0.1) is 0 Å². The van der Waals surface area contributed by atoms with Crippen molar-refractivity contribution in [1.29, 1.82) is 0 Å². The monoisotopic (exact) mass is 336 g/mol. The maximum Gasteiger partial charge on any atom is 0.260 e. The van der Waals surface area contributed by atoms with E-state index >= 15 is 0 Å². The zero-order chi connectivity index (χ0) is 12.7. The topological polar surface area (TPSA) is 41.6 Å². The van der Waals surface area contributed by atoms with Crippen LogP contribution in [0, 0.1) is 0 Å². The van der Waals surface area contributed by atoms with Crippen LogP contribution in [0.2, 0.25) is 0 Å². The lowest BCUT2D eigenvalue weighted by atomic mass is 10.3. The third-order valence-electron chi connectivity index (χ3n) is 2.30. The van der Waals surface area contributed by atoms with E-state index < -0.39 is 0 Å². The second kappa shape index (κ2) is 9.19. The molecule has 1 N–H and O–H groups in total. The highest BCUT2D eigenvalue weighted by atomic mass is 79.9. The van der Waals surface area contributed by atoms with Gasteiger partial charge < -0.3 is 15.0 Å². The number of rotatable bonds is 6. The molecule has 0 aliphatic carbocycles. The minimum absolute atomic E-state index is 0. The lowest BCUT2D eigenvalue weighted by molar-refractivity contribution is -0.131. The number of hydrogen-bond acceptors (Lipinski definition) is 3. The summed E-state index contributed by atoms with van der Waals surface area (Å²) in [6, 6.07) is 7.41. The van der Waals surface area contributed by atoms with E-state index in [1.54, 1.807) is 11.9 Å². The summed E-state index contributed by atoms with van der Waals surface area (Å²) in [4.78, 5) is 13.3. The van der Waals surface area contributed by atoms with Crippen molar-refractivity contribution in [3.05, 3.63) is 28.7 Å². The first-order valence-corrected chi connectivity index (χ1v) is 6.19. The molecule has 0 unspecified atom stereocenters. The summed E-state index contributed by atoms with van der Waals surface area (Å²) in [5, 5.41) is 2.99. The Morgan fingerprint density at radius 1 is 1.39 bits per heavy atom. The molecule has 0 heterocycles. The molecule has 0 bridgehead atoms. The fourth-order valence-electron chi connectivity index (χ4n) is 1.19. The number of hydrogen-bond donors (Lipinski definition) is 1. The van der Waals surface area contributed by atoms with E-state index in [0.717, 1.165) is 11.0 Å². The van der Waals surface area contributed by atoms with Crippen molar-refractivity contribution < 1.29 is 9.53 Å². The molecule has 0 radical (unpaired) electrons. The molecule has 1 rings (SSSR count). The molecule has 4 nitrogen and oxygen atoms in total. The quantitative estimate of drug-likeness (QED) is 0.862. The van der Waals surface area contributed by atoms with Crippen molar-refractivity contribution in [3.63, 3.8) is 0 Å². The maximum absolute atomic E-state index is 11.7. The molecule has 18 heavy (non-hydrogen) atoms. The van der Waals surface area contributed by atoms with Gasteiger partial charge in [-0.3, -0.25) is 4.79 Å². The summed E-state index contributed by atoms with van der Waals surface area (Å²) in [5.41, 5.74) is 0. The SMILES string of the molecule is CNCCN(C)C(=O)COc1ccc(Br)cc1.Cl. The van der Waals surface area contributed by atoms with Crippen molar-refractivity contribution in [3.8, 4) is 5.75 Å². The molecule has 0 saturated carbocycles. The number of carbonyl (C=O) groups is 1. The van der Waals surface area contributed by atoms with E-state index in [-0.39, 0.29) is 24.9 Å². The number of benzene rings is 1. The number of halogens is 2. The van der Waals surface area contributed by atoms with Gasteiger partial charge in [0.25, 0.3) is 5.91 Å². The Kier molecular flexibility index (Phi) is 8.79. The van der Waals surface area contributed by atoms with Crippen LogP contribution in [0.1, 0.15) is 0 Å². The molecule has 0 aliphatic rings. The van der Waals surface area contributed by atoms with Crippen LogP contribution in [-0.2, 0) is 4.79 Å². The number of ether oxygens (including phenoxy) is 1. The lowest BCUT2D eigenvalue weighted by Crippen LogP contribution is -2.35. The van der Waals surface area contributed by atoms with E-state index in [2.05, 4.69) is 21.2 Å². The van der Waals surface area contributed by atoms with Crippen molar-refractivity contribution >= 4 is 34.2 Å². The van der Waals surface area contributed by atoms with Gasteiger partial charge in [-0.2, -0.15) is 0 Å². The number of nitrogens with one attached hydrogen (secondary N) is 1. The first-order valence-electron chi connectivity index (χ1n) is 5.40. The molecule has 0 saturated heterocycles. The Labute approximate surface area is 122 Å². The molecular formula is C12H18BrClN2O2. The Bertz CT molecular complexity index is 360. The third kappa shape index (κ3) is 6.23. The molecule has 6 heteroatoms. The highest BCUT2D eigenvalue weighted by Crippen LogP contribution is 2.15. The van der Waals surface area contributed by atoms with Crippen molar-refractivity contribution in [2.45, 2.75) is 0 Å². The van der Waals surface area contributed by atoms with Gasteiger partial charge in [0.15, 0.2) is 6.61 Å². The Morgan fingerprint density at radius 3 is 2.56 bits per heavy atom. The van der Waals surface area contributed by atoms with Gasteiger partial charge >= 0.3 is 0 Å². The molecule has 0 aromatic heterocycles. The van der Waals surface area contributed by atoms with E-state index in [1.165, 1.54) is 0 Å². The van der Waals surface area contributed by atoms with Crippen molar-refractivity contribution in [2.24, 2.45) is 0 Å². The van der Waals surface area contributed by atoms with Gasteiger partial charge in [0.2, 0.25) is 0 Å². The van der Waals surface area contributed by atoms with Gasteiger partial charge in [-0.1, -0.05) is 15.9 Å². The van der Waals surface area contributed by atoms with Gasteiger partial charge in [-0.05, 0) is 31.3 Å². The molecule has 1 aromatic carbocycles. The van der Waals surface area contributed by atoms with Crippen LogP contribution in [0.25, 0.3) is 0 Å². The molecule has 0 fully saturated rings. The Morgan fingerprint density at radius 2 is 2.00 bits per heavy atom.